The lowest BCUT2D eigenvalue weighted by atomic mass is 10.1. The Bertz CT molecular complexity index is 1400. The fourth-order valence-electron chi connectivity index (χ4n) is 3.98. The van der Waals surface area contributed by atoms with E-state index in [0.717, 1.165) is 27.8 Å². The lowest BCUT2D eigenvalue weighted by Crippen LogP contribution is -2.37. The number of halogens is 1. The summed E-state index contributed by atoms with van der Waals surface area (Å²) < 4.78 is 5.60. The molecule has 0 atom stereocenters. The van der Waals surface area contributed by atoms with E-state index in [9.17, 15) is 9.59 Å². The van der Waals surface area contributed by atoms with Crippen LogP contribution in [0.2, 0.25) is 5.02 Å². The first-order valence-corrected chi connectivity index (χ1v) is 12.0. The maximum absolute atomic E-state index is 13.3. The zero-order valence-electron chi connectivity index (χ0n) is 19.8. The molecule has 0 saturated heterocycles. The van der Waals surface area contributed by atoms with Gasteiger partial charge in [-0.15, -0.1) is 0 Å². The number of urea groups is 1. The molecule has 2 amide bonds. The van der Waals surface area contributed by atoms with Crippen LogP contribution in [0.3, 0.4) is 0 Å². The third-order valence-corrected chi connectivity index (χ3v) is 6.08. The molecule has 0 unspecified atom stereocenters. The van der Waals surface area contributed by atoms with Gasteiger partial charge in [0.25, 0.3) is 5.56 Å². The molecule has 0 bridgehead atoms. The third kappa shape index (κ3) is 6.22. The van der Waals surface area contributed by atoms with E-state index in [2.05, 4.69) is 29.4 Å². The topological polar surface area (TPSA) is 74.4 Å². The number of aromatic amines is 1. The molecule has 4 aromatic rings. The van der Waals surface area contributed by atoms with E-state index >= 15 is 0 Å². The van der Waals surface area contributed by atoms with Crippen LogP contribution in [-0.4, -0.2) is 29.1 Å². The number of benzene rings is 3. The van der Waals surface area contributed by atoms with Crippen molar-refractivity contribution in [2.45, 2.75) is 26.8 Å². The number of rotatable bonds is 8. The summed E-state index contributed by atoms with van der Waals surface area (Å²) in [5.74, 6) is 0.730. The lowest BCUT2D eigenvalue weighted by molar-refractivity contribution is 0.209. The molecule has 1 heterocycles. The number of ether oxygens (including phenoxy) is 1. The van der Waals surface area contributed by atoms with Crippen LogP contribution in [0.1, 0.15) is 23.6 Å². The fraction of sp³-hybridized carbons (Fsp3) is 0.214. The minimum atomic E-state index is -0.302. The quantitative estimate of drug-likeness (QED) is 0.311. The molecule has 7 heteroatoms. The Morgan fingerprint density at radius 3 is 2.63 bits per heavy atom. The first-order valence-electron chi connectivity index (χ1n) is 11.6. The summed E-state index contributed by atoms with van der Waals surface area (Å²) in [5, 5.41) is 4.29. The average molecular weight is 490 g/mol. The molecule has 0 aliphatic carbocycles. The highest BCUT2D eigenvalue weighted by atomic mass is 35.5. The van der Waals surface area contributed by atoms with Crippen molar-refractivity contribution < 1.29 is 9.53 Å². The summed E-state index contributed by atoms with van der Waals surface area (Å²) in [4.78, 5) is 30.7. The second-order valence-corrected chi connectivity index (χ2v) is 8.78. The molecule has 0 spiro atoms. The van der Waals surface area contributed by atoms with Gasteiger partial charge in [0.15, 0.2) is 0 Å². The Balaban J connectivity index is 1.62. The Morgan fingerprint density at radius 2 is 1.86 bits per heavy atom. The maximum atomic E-state index is 13.3. The van der Waals surface area contributed by atoms with E-state index in [1.54, 1.807) is 29.2 Å². The highest BCUT2D eigenvalue weighted by Crippen LogP contribution is 2.21. The van der Waals surface area contributed by atoms with Crippen molar-refractivity contribution in [2.75, 3.05) is 18.5 Å². The van der Waals surface area contributed by atoms with Gasteiger partial charge in [-0.25, -0.2) is 4.79 Å². The highest BCUT2D eigenvalue weighted by molar-refractivity contribution is 6.30. The number of amides is 2. The van der Waals surface area contributed by atoms with Crippen LogP contribution in [0, 0.1) is 6.92 Å². The van der Waals surface area contributed by atoms with E-state index in [0.29, 0.717) is 35.8 Å². The molecular weight excluding hydrogens is 462 g/mol. The summed E-state index contributed by atoms with van der Waals surface area (Å²) in [6, 6.07) is 22.2. The number of aryl methyl sites for hydroxylation is 1. The van der Waals surface area contributed by atoms with Gasteiger partial charge >= 0.3 is 6.03 Å². The van der Waals surface area contributed by atoms with Gasteiger partial charge in [0.2, 0.25) is 0 Å². The summed E-state index contributed by atoms with van der Waals surface area (Å²) in [7, 11) is 0. The molecule has 0 aliphatic rings. The SMILES string of the molecule is CCOc1ccc2[nH]c(=O)c(CN(CCc3ccccc3C)C(=O)Nc3cccc(Cl)c3)cc2c1. The van der Waals surface area contributed by atoms with Crippen molar-refractivity contribution in [3.8, 4) is 5.75 Å². The van der Waals surface area contributed by atoms with Gasteiger partial charge in [0.05, 0.1) is 13.2 Å². The number of nitrogens with one attached hydrogen (secondary N) is 2. The number of hydrogen-bond acceptors (Lipinski definition) is 3. The first kappa shape index (κ1) is 24.4. The smallest absolute Gasteiger partial charge is 0.322 e. The van der Waals surface area contributed by atoms with Crippen LogP contribution >= 0.6 is 11.6 Å². The van der Waals surface area contributed by atoms with Crippen molar-refractivity contribution in [3.63, 3.8) is 0 Å². The van der Waals surface area contributed by atoms with Crippen LogP contribution in [0.4, 0.5) is 10.5 Å². The molecular formula is C28H28ClN3O3. The van der Waals surface area contributed by atoms with Crippen molar-refractivity contribution in [1.29, 1.82) is 0 Å². The Morgan fingerprint density at radius 1 is 1.03 bits per heavy atom. The molecule has 3 aromatic carbocycles. The molecule has 1 aromatic heterocycles. The largest absolute Gasteiger partial charge is 0.494 e. The second kappa shape index (κ2) is 11.1. The van der Waals surface area contributed by atoms with E-state index in [1.165, 1.54) is 0 Å². The van der Waals surface area contributed by atoms with Gasteiger partial charge in [-0.2, -0.15) is 0 Å². The number of aromatic nitrogens is 1. The number of hydrogen-bond donors (Lipinski definition) is 2. The summed E-state index contributed by atoms with van der Waals surface area (Å²) >= 11 is 6.09. The standard InChI is InChI=1S/C28H28ClN3O3/c1-3-35-25-11-12-26-21(16-25)15-22(27(33)31-26)18-32(14-13-20-8-5-4-7-19(20)2)28(34)30-24-10-6-9-23(29)17-24/h4-12,15-17H,3,13-14,18H2,1-2H3,(H,30,34)(H,31,33). The third-order valence-electron chi connectivity index (χ3n) is 5.84. The van der Waals surface area contributed by atoms with E-state index in [-0.39, 0.29) is 18.1 Å². The first-order chi connectivity index (χ1) is 16.9. The Labute approximate surface area is 209 Å². The van der Waals surface area contributed by atoms with Crippen molar-refractivity contribution in [1.82, 2.24) is 9.88 Å². The second-order valence-electron chi connectivity index (χ2n) is 8.34. The summed E-state index contributed by atoms with van der Waals surface area (Å²) in [5.41, 5.74) is 3.90. The predicted octanol–water partition coefficient (Wildman–Crippen LogP) is 6.17. The van der Waals surface area contributed by atoms with Crippen LogP contribution in [0.15, 0.2) is 77.6 Å². The van der Waals surface area contributed by atoms with E-state index in [4.69, 9.17) is 16.3 Å². The van der Waals surface area contributed by atoms with Gasteiger partial charge in [0, 0.05) is 33.7 Å². The number of carbonyl (C=O) groups excluding carboxylic acids is 1. The van der Waals surface area contributed by atoms with Crippen LogP contribution in [-0.2, 0) is 13.0 Å². The lowest BCUT2D eigenvalue weighted by Gasteiger charge is -2.24. The zero-order valence-corrected chi connectivity index (χ0v) is 20.6. The minimum Gasteiger partial charge on any atom is -0.494 e. The summed E-state index contributed by atoms with van der Waals surface area (Å²) in [6.45, 7) is 5.12. The minimum absolute atomic E-state index is 0.155. The monoisotopic (exact) mass is 489 g/mol. The average Bonchev–Trinajstić information content (AvgIpc) is 2.83. The maximum Gasteiger partial charge on any atom is 0.322 e. The molecule has 2 N–H and O–H groups in total. The van der Waals surface area contributed by atoms with Crippen molar-refractivity contribution in [3.05, 3.63) is 105 Å². The molecule has 4 rings (SSSR count). The zero-order chi connectivity index (χ0) is 24.8. The molecule has 0 saturated carbocycles. The normalized spacial score (nSPS) is 10.8. The van der Waals surface area contributed by atoms with Gasteiger partial charge < -0.3 is 19.9 Å². The molecule has 35 heavy (non-hydrogen) atoms. The molecule has 6 nitrogen and oxygen atoms in total. The highest BCUT2D eigenvalue weighted by Gasteiger charge is 2.17. The van der Waals surface area contributed by atoms with Gasteiger partial charge in [-0.05, 0) is 73.9 Å². The number of nitrogens with zero attached hydrogens (tertiary/aromatic N) is 1. The van der Waals surface area contributed by atoms with E-state index in [1.807, 2.05) is 43.3 Å². The van der Waals surface area contributed by atoms with Gasteiger partial charge in [0.1, 0.15) is 5.75 Å². The molecule has 0 aliphatic heterocycles. The predicted molar refractivity (Wildman–Crippen MR) is 142 cm³/mol. The van der Waals surface area contributed by atoms with Crippen molar-refractivity contribution >= 4 is 34.2 Å². The van der Waals surface area contributed by atoms with E-state index < -0.39 is 0 Å². The Kier molecular flexibility index (Phi) is 7.73. The van der Waals surface area contributed by atoms with Gasteiger partial charge in [-0.1, -0.05) is 41.9 Å². The number of H-pyrrole nitrogens is 1. The van der Waals surface area contributed by atoms with Crippen molar-refractivity contribution in [2.24, 2.45) is 0 Å². The van der Waals surface area contributed by atoms with Gasteiger partial charge in [-0.3, -0.25) is 4.79 Å². The number of pyridine rings is 1. The Hall–Kier alpha value is -3.77. The van der Waals surface area contributed by atoms with Crippen LogP contribution in [0.5, 0.6) is 5.75 Å². The molecule has 0 fully saturated rings. The number of carbonyl (C=O) groups is 1. The molecule has 180 valence electrons. The van der Waals surface area contributed by atoms with Crippen LogP contribution < -0.4 is 15.6 Å². The summed E-state index contributed by atoms with van der Waals surface area (Å²) in [6.07, 6.45) is 0.662. The number of anilines is 1. The molecule has 0 radical (unpaired) electrons. The fourth-order valence-corrected chi connectivity index (χ4v) is 4.17. The number of fused-ring (bicyclic) bond motifs is 1. The van der Waals surface area contributed by atoms with Crippen LogP contribution in [0.25, 0.3) is 10.9 Å².